The molecule has 2 aromatic heterocycles. The van der Waals surface area contributed by atoms with Gasteiger partial charge in [0.05, 0.1) is 17.3 Å². The second kappa shape index (κ2) is 6.10. The third kappa shape index (κ3) is 3.09. The average molecular weight is 340 g/mol. The molecule has 120 valence electrons. The highest BCUT2D eigenvalue weighted by molar-refractivity contribution is 7.92. The summed E-state index contributed by atoms with van der Waals surface area (Å²) in [6, 6.07) is 11.5. The molecule has 0 bridgehead atoms. The van der Waals surface area contributed by atoms with E-state index in [2.05, 4.69) is 19.8 Å². The molecule has 1 aromatic carbocycles. The predicted octanol–water partition coefficient (Wildman–Crippen LogP) is 1.64. The maximum atomic E-state index is 12.4. The zero-order chi connectivity index (χ0) is 17.2. The molecule has 0 saturated carbocycles. The lowest BCUT2D eigenvalue weighted by Crippen LogP contribution is -2.16. The van der Waals surface area contributed by atoms with Crippen molar-refractivity contribution in [3.63, 3.8) is 0 Å². The number of aromatic nitrogens is 4. The summed E-state index contributed by atoms with van der Waals surface area (Å²) in [4.78, 5) is 7.95. The van der Waals surface area contributed by atoms with E-state index in [9.17, 15) is 8.42 Å². The normalized spacial score (nSPS) is 11.0. The van der Waals surface area contributed by atoms with Gasteiger partial charge in [0.25, 0.3) is 10.0 Å². The van der Waals surface area contributed by atoms with Crippen LogP contribution in [0.25, 0.3) is 5.69 Å². The van der Waals surface area contributed by atoms with Gasteiger partial charge in [0.1, 0.15) is 10.7 Å². The number of hydrogen-bond acceptors (Lipinski definition) is 6. The number of rotatable bonds is 4. The van der Waals surface area contributed by atoms with Gasteiger partial charge in [-0.25, -0.2) is 13.1 Å². The monoisotopic (exact) mass is 340 g/mol. The van der Waals surface area contributed by atoms with Gasteiger partial charge in [-0.05, 0) is 43.3 Å². The first kappa shape index (κ1) is 15.6. The van der Waals surface area contributed by atoms with Gasteiger partial charge in [-0.2, -0.15) is 14.9 Å². The van der Waals surface area contributed by atoms with Gasteiger partial charge in [0.2, 0.25) is 5.95 Å². The number of nitrogens with one attached hydrogen (secondary N) is 1. The summed E-state index contributed by atoms with van der Waals surface area (Å²) in [6.07, 6.45) is 2.74. The molecule has 0 spiro atoms. The fourth-order valence-electron chi connectivity index (χ4n) is 2.02. The minimum atomic E-state index is -3.83. The van der Waals surface area contributed by atoms with Crippen LogP contribution in [0.15, 0.2) is 53.7 Å². The van der Waals surface area contributed by atoms with Crippen LogP contribution in [0.5, 0.6) is 0 Å². The Balaban J connectivity index is 1.99. The number of aryl methyl sites for hydroxylation is 1. The summed E-state index contributed by atoms with van der Waals surface area (Å²) in [6.45, 7) is 1.65. The Bertz CT molecular complexity index is 1000. The Morgan fingerprint density at radius 2 is 1.96 bits per heavy atom. The third-order valence-corrected chi connectivity index (χ3v) is 4.44. The van der Waals surface area contributed by atoms with Crippen LogP contribution in [-0.4, -0.2) is 28.2 Å². The number of anilines is 1. The molecule has 0 unspecified atom stereocenters. The second-order valence-corrected chi connectivity index (χ2v) is 6.53. The first-order chi connectivity index (χ1) is 11.5. The molecule has 0 aliphatic rings. The van der Waals surface area contributed by atoms with Gasteiger partial charge in [0.15, 0.2) is 0 Å². The molecule has 3 rings (SSSR count). The number of nitrogens with zero attached hydrogens (tertiary/aromatic N) is 5. The molecule has 2 heterocycles. The van der Waals surface area contributed by atoms with Crippen molar-refractivity contribution < 1.29 is 8.42 Å². The fraction of sp³-hybridized carbons (Fsp3) is 0.0667. The molecule has 0 atom stereocenters. The van der Waals surface area contributed by atoms with E-state index in [-0.39, 0.29) is 10.8 Å². The van der Waals surface area contributed by atoms with Gasteiger partial charge < -0.3 is 0 Å². The Morgan fingerprint density at radius 1 is 1.21 bits per heavy atom. The van der Waals surface area contributed by atoms with Crippen LogP contribution in [-0.2, 0) is 10.0 Å². The molecular formula is C15H12N6O2S. The van der Waals surface area contributed by atoms with Gasteiger partial charge in [0, 0.05) is 12.4 Å². The lowest BCUT2D eigenvalue weighted by atomic mass is 10.2. The van der Waals surface area contributed by atoms with Crippen LogP contribution in [0.3, 0.4) is 0 Å². The van der Waals surface area contributed by atoms with Crippen molar-refractivity contribution in [1.29, 1.82) is 5.26 Å². The number of nitriles is 1. The molecule has 1 N–H and O–H groups in total. The first-order valence-corrected chi connectivity index (χ1v) is 8.35. The number of hydrogen-bond donors (Lipinski definition) is 1. The maximum absolute atomic E-state index is 12.4. The van der Waals surface area contributed by atoms with Gasteiger partial charge in [-0.1, -0.05) is 0 Å². The van der Waals surface area contributed by atoms with Crippen molar-refractivity contribution in [3.05, 3.63) is 60.2 Å². The van der Waals surface area contributed by atoms with Crippen LogP contribution >= 0.6 is 0 Å². The smallest absolute Gasteiger partial charge is 0.263 e. The van der Waals surface area contributed by atoms with Crippen LogP contribution < -0.4 is 4.72 Å². The summed E-state index contributed by atoms with van der Waals surface area (Å²) in [5, 5.41) is 13.0. The third-order valence-electron chi connectivity index (χ3n) is 3.12. The zero-order valence-electron chi connectivity index (χ0n) is 12.6. The lowest BCUT2D eigenvalue weighted by molar-refractivity contribution is 0.600. The summed E-state index contributed by atoms with van der Waals surface area (Å²) in [5.74, 6) is 0.462. The van der Waals surface area contributed by atoms with Crippen molar-refractivity contribution >= 4 is 16.0 Å². The van der Waals surface area contributed by atoms with Crippen molar-refractivity contribution in [2.45, 2.75) is 11.8 Å². The molecule has 3 aromatic rings. The minimum absolute atomic E-state index is 0.0250. The van der Waals surface area contributed by atoms with Crippen molar-refractivity contribution in [2.75, 3.05) is 4.72 Å². The van der Waals surface area contributed by atoms with Crippen LogP contribution in [0.1, 0.15) is 11.4 Å². The molecule has 0 fully saturated rings. The van der Waals surface area contributed by atoms with E-state index in [0.29, 0.717) is 17.1 Å². The van der Waals surface area contributed by atoms with E-state index in [0.717, 1.165) is 0 Å². The predicted molar refractivity (Wildman–Crippen MR) is 85.9 cm³/mol. The lowest BCUT2D eigenvalue weighted by Gasteiger charge is -2.09. The van der Waals surface area contributed by atoms with E-state index in [1.807, 2.05) is 6.07 Å². The SMILES string of the molecule is Cc1nc(NS(=O)(=O)c2cccnc2)n(-c2ccc(C#N)cc2)n1. The van der Waals surface area contributed by atoms with Crippen LogP contribution in [0.2, 0.25) is 0 Å². The summed E-state index contributed by atoms with van der Waals surface area (Å²) >= 11 is 0. The Kier molecular flexibility index (Phi) is 3.97. The highest BCUT2D eigenvalue weighted by Crippen LogP contribution is 2.18. The number of benzene rings is 1. The van der Waals surface area contributed by atoms with E-state index in [1.165, 1.54) is 29.2 Å². The molecule has 9 heteroatoms. The van der Waals surface area contributed by atoms with Gasteiger partial charge >= 0.3 is 0 Å². The van der Waals surface area contributed by atoms with Gasteiger partial charge in [-0.3, -0.25) is 4.98 Å². The molecule has 0 aliphatic carbocycles. The topological polar surface area (TPSA) is 114 Å². The van der Waals surface area contributed by atoms with Crippen molar-refractivity contribution in [2.24, 2.45) is 0 Å². The maximum Gasteiger partial charge on any atom is 0.265 e. The van der Waals surface area contributed by atoms with Gasteiger partial charge in [-0.15, -0.1) is 5.10 Å². The summed E-state index contributed by atoms with van der Waals surface area (Å²) in [7, 11) is -3.83. The highest BCUT2D eigenvalue weighted by Gasteiger charge is 2.19. The summed E-state index contributed by atoms with van der Waals surface area (Å²) < 4.78 is 28.6. The second-order valence-electron chi connectivity index (χ2n) is 4.85. The van der Waals surface area contributed by atoms with Crippen molar-refractivity contribution in [1.82, 2.24) is 19.7 Å². The zero-order valence-corrected chi connectivity index (χ0v) is 13.4. The standard InChI is InChI=1S/C15H12N6O2S/c1-11-18-15(20-24(22,23)14-3-2-8-17-10-14)21(19-11)13-6-4-12(9-16)5-7-13/h2-8,10H,1H3,(H,18,19,20). The molecule has 24 heavy (non-hydrogen) atoms. The van der Waals surface area contributed by atoms with Crippen LogP contribution in [0.4, 0.5) is 5.95 Å². The Morgan fingerprint density at radius 3 is 2.58 bits per heavy atom. The average Bonchev–Trinajstić information content (AvgIpc) is 2.95. The fourth-order valence-corrected chi connectivity index (χ4v) is 2.97. The van der Waals surface area contributed by atoms with Crippen molar-refractivity contribution in [3.8, 4) is 11.8 Å². The molecular weight excluding hydrogens is 328 g/mol. The van der Waals surface area contributed by atoms with E-state index in [1.54, 1.807) is 31.2 Å². The largest absolute Gasteiger partial charge is 0.265 e. The molecule has 0 amide bonds. The quantitative estimate of drug-likeness (QED) is 0.772. The highest BCUT2D eigenvalue weighted by atomic mass is 32.2. The Hall–Kier alpha value is -3.25. The first-order valence-electron chi connectivity index (χ1n) is 6.87. The van der Waals surface area contributed by atoms with E-state index >= 15 is 0 Å². The number of pyridine rings is 1. The molecule has 0 aliphatic heterocycles. The minimum Gasteiger partial charge on any atom is -0.263 e. The van der Waals surface area contributed by atoms with E-state index < -0.39 is 10.0 Å². The molecule has 0 radical (unpaired) electrons. The number of sulfonamides is 1. The molecule has 8 nitrogen and oxygen atoms in total. The molecule has 0 saturated heterocycles. The summed E-state index contributed by atoms with van der Waals surface area (Å²) in [5.41, 5.74) is 1.08. The Labute approximate surface area is 138 Å². The van der Waals surface area contributed by atoms with E-state index in [4.69, 9.17) is 5.26 Å². The van der Waals surface area contributed by atoms with Crippen LogP contribution in [0, 0.1) is 18.3 Å².